The van der Waals surface area contributed by atoms with Crippen molar-refractivity contribution in [2.45, 2.75) is 45.6 Å². The Kier molecular flexibility index (Phi) is 7.71. The summed E-state index contributed by atoms with van der Waals surface area (Å²) < 4.78 is 4.60. The first kappa shape index (κ1) is 24.7. The first-order chi connectivity index (χ1) is 15.7. The van der Waals surface area contributed by atoms with Crippen molar-refractivity contribution in [3.8, 4) is 5.75 Å². The fourth-order valence-electron chi connectivity index (χ4n) is 5.06. The summed E-state index contributed by atoms with van der Waals surface area (Å²) in [7, 11) is 1.10. The highest BCUT2D eigenvalue weighted by molar-refractivity contribution is 6.15. The van der Waals surface area contributed by atoms with Gasteiger partial charge in [-0.05, 0) is 55.9 Å². The zero-order valence-electron chi connectivity index (χ0n) is 19.2. The largest absolute Gasteiger partial charge is 0.508 e. The number of likely N-dealkylation sites (tertiary alicyclic amines) is 1. The predicted octanol–water partition coefficient (Wildman–Crippen LogP) is 3.02. The number of ether oxygens (including phenoxy) is 1. The average Bonchev–Trinajstić information content (AvgIpc) is 3.05. The van der Waals surface area contributed by atoms with Crippen LogP contribution in [0.5, 0.6) is 5.75 Å². The Labute approximate surface area is 193 Å². The molecule has 1 aliphatic heterocycles. The Hall–Kier alpha value is -2.97. The maximum absolute atomic E-state index is 12.9. The number of fused-ring (bicyclic) bond motifs is 1. The van der Waals surface area contributed by atoms with E-state index in [9.17, 15) is 29.7 Å². The molecule has 0 unspecified atom stereocenters. The number of carbonyl (C=O) groups is 3. The van der Waals surface area contributed by atoms with Crippen LogP contribution < -0.4 is 0 Å². The fourth-order valence-corrected chi connectivity index (χ4v) is 5.06. The Morgan fingerprint density at radius 3 is 2.64 bits per heavy atom. The molecule has 0 bridgehead atoms. The van der Waals surface area contributed by atoms with Gasteiger partial charge in [-0.25, -0.2) is 4.79 Å². The van der Waals surface area contributed by atoms with E-state index in [-0.39, 0.29) is 12.2 Å². The summed E-state index contributed by atoms with van der Waals surface area (Å²) in [6.07, 6.45) is 1.76. The number of hydrogen-bond donors (Lipinski definition) is 3. The molecule has 0 spiro atoms. The minimum Gasteiger partial charge on any atom is -0.508 e. The molecule has 3 N–H and O–H groups in total. The third-order valence-electron chi connectivity index (χ3n) is 6.62. The molecule has 0 saturated carbocycles. The number of rotatable bonds is 7. The molecule has 0 radical (unpaired) electrons. The second-order valence-electron chi connectivity index (χ2n) is 8.66. The van der Waals surface area contributed by atoms with Gasteiger partial charge in [-0.15, -0.1) is 0 Å². The molecule has 1 fully saturated rings. The Bertz CT molecular complexity index is 996. The molecule has 8 nitrogen and oxygen atoms in total. The number of hydrogen-bond acceptors (Lipinski definition) is 7. The van der Waals surface area contributed by atoms with E-state index < -0.39 is 48.4 Å². The van der Waals surface area contributed by atoms with Crippen LogP contribution in [0, 0.1) is 17.8 Å². The standard InChI is InChI=1S/C25H31NO7/c1-4-16-12-18-22(24(31)26(23(18)30)25(32)33-3)19(13-27)21(16)20(29)9-8-14(2)10-15-6-5-7-17(28)11-15/h5-7,10-11,18-20,22,27-29H,4,8-9,12-13H2,1-3H3/b14-10+/t18-,19+,20-,22-/m1/s1. The summed E-state index contributed by atoms with van der Waals surface area (Å²) in [4.78, 5) is 38.2. The van der Waals surface area contributed by atoms with Gasteiger partial charge in [0, 0.05) is 5.92 Å². The monoisotopic (exact) mass is 457 g/mol. The van der Waals surface area contributed by atoms with Crippen LogP contribution in [0.4, 0.5) is 4.79 Å². The van der Waals surface area contributed by atoms with Crippen LogP contribution in [0.2, 0.25) is 0 Å². The Morgan fingerprint density at radius 2 is 2.03 bits per heavy atom. The van der Waals surface area contributed by atoms with Crippen LogP contribution in [0.3, 0.4) is 0 Å². The van der Waals surface area contributed by atoms with E-state index in [1.165, 1.54) is 0 Å². The van der Waals surface area contributed by atoms with Gasteiger partial charge in [0.05, 0.1) is 31.7 Å². The van der Waals surface area contributed by atoms with Gasteiger partial charge < -0.3 is 20.1 Å². The lowest BCUT2D eigenvalue weighted by Crippen LogP contribution is -2.40. The van der Waals surface area contributed by atoms with E-state index in [1.807, 2.05) is 26.0 Å². The summed E-state index contributed by atoms with van der Waals surface area (Å²) in [6, 6.07) is 6.87. The van der Waals surface area contributed by atoms with E-state index in [1.54, 1.807) is 18.2 Å². The number of phenolic OH excluding ortho intramolecular Hbond substituents is 1. The van der Waals surface area contributed by atoms with Crippen LogP contribution in [0.15, 0.2) is 41.0 Å². The van der Waals surface area contributed by atoms with Gasteiger partial charge in [-0.1, -0.05) is 36.3 Å². The molecule has 1 heterocycles. The summed E-state index contributed by atoms with van der Waals surface area (Å²) >= 11 is 0. The minimum atomic E-state index is -1.02. The van der Waals surface area contributed by atoms with Crippen LogP contribution in [-0.2, 0) is 14.3 Å². The number of methoxy groups -OCH3 is 1. The van der Waals surface area contributed by atoms with Gasteiger partial charge >= 0.3 is 6.09 Å². The molecular weight excluding hydrogens is 426 g/mol. The van der Waals surface area contributed by atoms with Crippen molar-refractivity contribution >= 4 is 24.0 Å². The van der Waals surface area contributed by atoms with Gasteiger partial charge in [0.1, 0.15) is 5.75 Å². The van der Waals surface area contributed by atoms with Crippen LogP contribution in [0.25, 0.3) is 6.08 Å². The summed E-state index contributed by atoms with van der Waals surface area (Å²) in [5.41, 5.74) is 3.28. The van der Waals surface area contributed by atoms with E-state index in [4.69, 9.17) is 0 Å². The highest BCUT2D eigenvalue weighted by Gasteiger charge is 2.56. The van der Waals surface area contributed by atoms with Crippen molar-refractivity contribution in [3.05, 3.63) is 46.5 Å². The van der Waals surface area contributed by atoms with Crippen molar-refractivity contribution < 1.29 is 34.4 Å². The number of benzene rings is 1. The number of aromatic hydroxyl groups is 1. The average molecular weight is 458 g/mol. The first-order valence-electron chi connectivity index (χ1n) is 11.2. The van der Waals surface area contributed by atoms with Crippen molar-refractivity contribution in [1.82, 2.24) is 4.90 Å². The van der Waals surface area contributed by atoms with E-state index in [2.05, 4.69) is 4.74 Å². The number of aliphatic hydroxyl groups is 2. The molecular formula is C25H31NO7. The molecule has 4 atom stereocenters. The molecule has 33 heavy (non-hydrogen) atoms. The number of carbonyl (C=O) groups excluding carboxylic acids is 3. The number of imide groups is 3. The van der Waals surface area contributed by atoms with E-state index in [0.29, 0.717) is 29.7 Å². The van der Waals surface area contributed by atoms with Crippen LogP contribution in [-0.4, -0.2) is 57.9 Å². The molecule has 178 valence electrons. The van der Waals surface area contributed by atoms with E-state index >= 15 is 0 Å². The number of nitrogens with zero attached hydrogens (tertiary/aromatic N) is 1. The summed E-state index contributed by atoms with van der Waals surface area (Å²) in [5.74, 6) is -3.50. The molecule has 1 saturated heterocycles. The van der Waals surface area contributed by atoms with Gasteiger partial charge in [0.2, 0.25) is 11.8 Å². The first-order valence-corrected chi connectivity index (χ1v) is 11.2. The molecule has 0 aromatic heterocycles. The molecule has 2 aliphatic rings. The third kappa shape index (κ3) is 4.86. The van der Waals surface area contributed by atoms with Crippen LogP contribution >= 0.6 is 0 Å². The number of amides is 3. The minimum absolute atomic E-state index is 0.175. The van der Waals surface area contributed by atoms with Crippen molar-refractivity contribution in [3.63, 3.8) is 0 Å². The predicted molar refractivity (Wildman–Crippen MR) is 121 cm³/mol. The molecule has 3 rings (SSSR count). The summed E-state index contributed by atoms with van der Waals surface area (Å²) in [5, 5.41) is 30.9. The Balaban J connectivity index is 1.82. The number of allylic oxidation sites excluding steroid dienone is 2. The second kappa shape index (κ2) is 10.3. The second-order valence-corrected chi connectivity index (χ2v) is 8.66. The Morgan fingerprint density at radius 1 is 1.30 bits per heavy atom. The highest BCUT2D eigenvalue weighted by Crippen LogP contribution is 2.47. The lowest BCUT2D eigenvalue weighted by Gasteiger charge is -2.36. The maximum atomic E-state index is 12.9. The number of phenols is 1. The molecule has 8 heteroatoms. The third-order valence-corrected chi connectivity index (χ3v) is 6.62. The quantitative estimate of drug-likeness (QED) is 0.425. The smallest absolute Gasteiger partial charge is 0.423 e. The molecule has 3 amide bonds. The normalized spacial score (nSPS) is 24.2. The van der Waals surface area contributed by atoms with E-state index in [0.717, 1.165) is 23.8 Å². The summed E-state index contributed by atoms with van der Waals surface area (Å²) in [6.45, 7) is 3.42. The number of aliphatic hydroxyl groups excluding tert-OH is 2. The molecule has 1 aliphatic carbocycles. The highest BCUT2D eigenvalue weighted by atomic mass is 16.5. The van der Waals surface area contributed by atoms with Gasteiger partial charge in [-0.2, -0.15) is 4.90 Å². The van der Waals surface area contributed by atoms with Crippen LogP contribution in [0.1, 0.15) is 45.1 Å². The van der Waals surface area contributed by atoms with Gasteiger partial charge in [0.15, 0.2) is 0 Å². The molecule has 1 aromatic rings. The zero-order valence-corrected chi connectivity index (χ0v) is 19.2. The van der Waals surface area contributed by atoms with Crippen molar-refractivity contribution in [2.75, 3.05) is 13.7 Å². The lowest BCUT2D eigenvalue weighted by molar-refractivity contribution is -0.137. The molecule has 1 aromatic carbocycles. The zero-order chi connectivity index (χ0) is 24.3. The van der Waals surface area contributed by atoms with Crippen molar-refractivity contribution in [2.24, 2.45) is 17.8 Å². The fraction of sp³-hybridized carbons (Fsp3) is 0.480. The SMILES string of the molecule is CCC1=C([C@H](O)CC/C(C)=C/c2cccc(O)c2)[C@H](CO)[C@@H]2C(=O)N(C(=O)OC)C(=O)[C@@H]2C1. The lowest BCUT2D eigenvalue weighted by atomic mass is 9.67. The topological polar surface area (TPSA) is 124 Å². The maximum Gasteiger partial charge on any atom is 0.423 e. The van der Waals surface area contributed by atoms with Gasteiger partial charge in [0.25, 0.3) is 0 Å². The van der Waals surface area contributed by atoms with Crippen molar-refractivity contribution in [1.29, 1.82) is 0 Å². The van der Waals surface area contributed by atoms with Gasteiger partial charge in [-0.3, -0.25) is 9.59 Å².